The second kappa shape index (κ2) is 5.25. The van der Waals surface area contributed by atoms with Crippen molar-refractivity contribution in [3.63, 3.8) is 0 Å². The molecule has 1 aliphatic rings. The second-order valence-electron chi connectivity index (χ2n) is 4.56. The van der Waals surface area contributed by atoms with Crippen LogP contribution < -0.4 is 0 Å². The maximum absolute atomic E-state index is 12.1. The zero-order valence-corrected chi connectivity index (χ0v) is 10.5. The van der Waals surface area contributed by atoms with E-state index in [0.717, 1.165) is 31.6 Å². The monoisotopic (exact) mass is 233 g/mol. The number of hydrogen-bond donors (Lipinski definition) is 0. The molecule has 0 bridgehead atoms. The van der Waals surface area contributed by atoms with E-state index in [1.807, 2.05) is 17.9 Å². The highest BCUT2D eigenvalue weighted by molar-refractivity contribution is 5.81. The topological polar surface area (TPSA) is 46.1 Å². The fraction of sp³-hybridized carbons (Fsp3) is 0.615. The maximum atomic E-state index is 12.1. The molecule has 0 aromatic carbocycles. The summed E-state index contributed by atoms with van der Waals surface area (Å²) in [4.78, 5) is 22.2. The van der Waals surface area contributed by atoms with E-state index in [9.17, 15) is 4.79 Å². The standard InChI is InChI=1S/C13H19N3O/c1-3-12-10(8-16(4-2)13(12)17)7-11-5-6-14-9-15-11/h5-6,9-10,12H,3-4,7-8H2,1-2H3. The SMILES string of the molecule is CCC1C(=O)N(CC)CC1Cc1ccncn1. The molecule has 2 unspecified atom stereocenters. The highest BCUT2D eigenvalue weighted by atomic mass is 16.2. The van der Waals surface area contributed by atoms with E-state index in [2.05, 4.69) is 16.9 Å². The van der Waals surface area contributed by atoms with E-state index in [4.69, 9.17) is 0 Å². The number of likely N-dealkylation sites (tertiary alicyclic amines) is 1. The van der Waals surface area contributed by atoms with Crippen LogP contribution in [-0.2, 0) is 11.2 Å². The largest absolute Gasteiger partial charge is 0.342 e. The number of amides is 1. The molecule has 92 valence electrons. The first-order valence-corrected chi connectivity index (χ1v) is 6.29. The Balaban J connectivity index is 2.08. The van der Waals surface area contributed by atoms with Crippen LogP contribution in [0.4, 0.5) is 0 Å². The third kappa shape index (κ3) is 2.46. The summed E-state index contributed by atoms with van der Waals surface area (Å²) in [6.45, 7) is 5.82. The molecule has 1 aromatic rings. The Morgan fingerprint density at radius 3 is 2.88 bits per heavy atom. The predicted molar refractivity (Wildman–Crippen MR) is 65.3 cm³/mol. The molecule has 1 fully saturated rings. The molecule has 1 amide bonds. The lowest BCUT2D eigenvalue weighted by Crippen LogP contribution is -2.26. The van der Waals surface area contributed by atoms with Crippen LogP contribution in [0.15, 0.2) is 18.6 Å². The molecule has 1 aliphatic heterocycles. The van der Waals surface area contributed by atoms with E-state index in [-0.39, 0.29) is 5.92 Å². The van der Waals surface area contributed by atoms with Crippen molar-refractivity contribution in [3.05, 3.63) is 24.3 Å². The minimum Gasteiger partial charge on any atom is -0.342 e. The number of aromatic nitrogens is 2. The fourth-order valence-corrected chi connectivity index (χ4v) is 2.64. The molecule has 2 rings (SSSR count). The molecule has 0 radical (unpaired) electrons. The van der Waals surface area contributed by atoms with Crippen LogP contribution in [0.25, 0.3) is 0 Å². The minimum atomic E-state index is 0.171. The van der Waals surface area contributed by atoms with Crippen LogP contribution in [0.2, 0.25) is 0 Å². The van der Waals surface area contributed by atoms with Crippen molar-refractivity contribution in [2.75, 3.05) is 13.1 Å². The Bertz CT molecular complexity index is 380. The number of carbonyl (C=O) groups is 1. The van der Waals surface area contributed by atoms with Gasteiger partial charge in [-0.05, 0) is 31.7 Å². The first-order valence-electron chi connectivity index (χ1n) is 6.29. The van der Waals surface area contributed by atoms with Crippen LogP contribution in [-0.4, -0.2) is 33.9 Å². The molecule has 0 N–H and O–H groups in total. The highest BCUT2D eigenvalue weighted by Crippen LogP contribution is 2.29. The van der Waals surface area contributed by atoms with Gasteiger partial charge >= 0.3 is 0 Å². The Morgan fingerprint density at radius 1 is 1.47 bits per heavy atom. The van der Waals surface area contributed by atoms with Crippen molar-refractivity contribution >= 4 is 5.91 Å². The number of nitrogens with zero attached hydrogens (tertiary/aromatic N) is 3. The van der Waals surface area contributed by atoms with Gasteiger partial charge in [0.1, 0.15) is 6.33 Å². The lowest BCUT2D eigenvalue weighted by Gasteiger charge is -2.13. The van der Waals surface area contributed by atoms with Gasteiger partial charge in [-0.3, -0.25) is 4.79 Å². The summed E-state index contributed by atoms with van der Waals surface area (Å²) in [5, 5.41) is 0. The summed E-state index contributed by atoms with van der Waals surface area (Å²) in [5.74, 6) is 0.890. The van der Waals surface area contributed by atoms with E-state index in [0.29, 0.717) is 11.8 Å². The molecular formula is C13H19N3O. The van der Waals surface area contributed by atoms with Crippen LogP contribution in [0.1, 0.15) is 26.0 Å². The molecule has 0 aliphatic carbocycles. The first kappa shape index (κ1) is 12.0. The average molecular weight is 233 g/mol. The summed E-state index contributed by atoms with van der Waals surface area (Å²) in [6.07, 6.45) is 5.14. The molecule has 1 saturated heterocycles. The van der Waals surface area contributed by atoms with E-state index < -0.39 is 0 Å². The van der Waals surface area contributed by atoms with Gasteiger partial charge in [-0.15, -0.1) is 0 Å². The van der Waals surface area contributed by atoms with Gasteiger partial charge in [0, 0.05) is 30.9 Å². The van der Waals surface area contributed by atoms with Crippen molar-refractivity contribution in [3.8, 4) is 0 Å². The molecule has 2 heterocycles. The van der Waals surface area contributed by atoms with E-state index in [1.165, 1.54) is 0 Å². The summed E-state index contributed by atoms with van der Waals surface area (Å²) >= 11 is 0. The Kier molecular flexibility index (Phi) is 3.71. The van der Waals surface area contributed by atoms with Crippen molar-refractivity contribution in [2.24, 2.45) is 11.8 Å². The molecule has 0 saturated carbocycles. The normalized spacial score (nSPS) is 24.4. The van der Waals surface area contributed by atoms with Gasteiger partial charge in [0.15, 0.2) is 0 Å². The third-order valence-electron chi connectivity index (χ3n) is 3.59. The highest BCUT2D eigenvalue weighted by Gasteiger charge is 2.38. The fourth-order valence-electron chi connectivity index (χ4n) is 2.64. The first-order chi connectivity index (χ1) is 8.26. The molecule has 0 spiro atoms. The van der Waals surface area contributed by atoms with Crippen LogP contribution in [0.5, 0.6) is 0 Å². The van der Waals surface area contributed by atoms with Crippen molar-refractivity contribution in [1.29, 1.82) is 0 Å². The van der Waals surface area contributed by atoms with Crippen molar-refractivity contribution in [2.45, 2.75) is 26.7 Å². The van der Waals surface area contributed by atoms with Crippen molar-refractivity contribution in [1.82, 2.24) is 14.9 Å². The zero-order chi connectivity index (χ0) is 12.3. The van der Waals surface area contributed by atoms with Gasteiger partial charge in [0.05, 0.1) is 0 Å². The summed E-state index contributed by atoms with van der Waals surface area (Å²) < 4.78 is 0. The maximum Gasteiger partial charge on any atom is 0.226 e. The second-order valence-corrected chi connectivity index (χ2v) is 4.56. The molecule has 4 nitrogen and oxygen atoms in total. The lowest BCUT2D eigenvalue weighted by atomic mass is 9.89. The van der Waals surface area contributed by atoms with Gasteiger partial charge in [-0.2, -0.15) is 0 Å². The number of rotatable bonds is 4. The Morgan fingerprint density at radius 2 is 2.29 bits per heavy atom. The van der Waals surface area contributed by atoms with Gasteiger partial charge in [-0.1, -0.05) is 6.92 Å². The lowest BCUT2D eigenvalue weighted by molar-refractivity contribution is -0.131. The molecule has 1 aromatic heterocycles. The third-order valence-corrected chi connectivity index (χ3v) is 3.59. The van der Waals surface area contributed by atoms with E-state index in [1.54, 1.807) is 12.5 Å². The molecular weight excluding hydrogens is 214 g/mol. The van der Waals surface area contributed by atoms with Crippen molar-refractivity contribution < 1.29 is 4.79 Å². The molecule has 2 atom stereocenters. The number of carbonyl (C=O) groups excluding carboxylic acids is 1. The quantitative estimate of drug-likeness (QED) is 0.792. The zero-order valence-electron chi connectivity index (χ0n) is 10.5. The Hall–Kier alpha value is -1.45. The summed E-state index contributed by atoms with van der Waals surface area (Å²) in [6, 6.07) is 1.94. The van der Waals surface area contributed by atoms with E-state index >= 15 is 0 Å². The van der Waals surface area contributed by atoms with Gasteiger partial charge < -0.3 is 4.90 Å². The van der Waals surface area contributed by atoms with Crippen LogP contribution in [0, 0.1) is 11.8 Å². The smallest absolute Gasteiger partial charge is 0.226 e. The van der Waals surface area contributed by atoms with Gasteiger partial charge in [-0.25, -0.2) is 9.97 Å². The van der Waals surface area contributed by atoms with Gasteiger partial charge in [0.2, 0.25) is 5.91 Å². The average Bonchev–Trinajstić information content (AvgIpc) is 2.66. The Labute approximate surface area is 102 Å². The predicted octanol–water partition coefficient (Wildman–Crippen LogP) is 1.52. The molecule has 17 heavy (non-hydrogen) atoms. The molecule has 4 heteroatoms. The summed E-state index contributed by atoms with van der Waals surface area (Å²) in [7, 11) is 0. The van der Waals surface area contributed by atoms with Crippen LogP contribution >= 0.6 is 0 Å². The summed E-state index contributed by atoms with van der Waals surface area (Å²) in [5.41, 5.74) is 1.04. The number of hydrogen-bond acceptors (Lipinski definition) is 3. The minimum absolute atomic E-state index is 0.171. The van der Waals surface area contributed by atoms with Gasteiger partial charge in [0.25, 0.3) is 0 Å². The van der Waals surface area contributed by atoms with Crippen LogP contribution in [0.3, 0.4) is 0 Å².